The van der Waals surface area contributed by atoms with Crippen LogP contribution >= 0.6 is 23.2 Å². The molecule has 0 aliphatic carbocycles. The maximum Gasteiger partial charge on any atom is 0.254 e. The molecule has 0 fully saturated rings. The monoisotopic (exact) mass is 485 g/mol. The number of benzene rings is 2. The molecule has 1 atom stereocenters. The van der Waals surface area contributed by atoms with Crippen LogP contribution in [0.2, 0.25) is 10.0 Å². The van der Waals surface area contributed by atoms with E-state index in [4.69, 9.17) is 37.6 Å². The Morgan fingerprint density at radius 2 is 1.91 bits per heavy atom. The van der Waals surface area contributed by atoms with Gasteiger partial charge in [0.05, 0.1) is 32.2 Å². The van der Waals surface area contributed by atoms with Crippen LogP contribution in [0.1, 0.15) is 22.7 Å². The Bertz CT molecular complexity index is 1190. The first-order chi connectivity index (χ1) is 16.0. The second kappa shape index (κ2) is 8.67. The Balaban J connectivity index is 1.64. The Morgan fingerprint density at radius 1 is 1.12 bits per heavy atom. The zero-order valence-electron chi connectivity index (χ0n) is 18.0. The molecule has 0 spiro atoms. The first-order valence-corrected chi connectivity index (χ1v) is 11.1. The van der Waals surface area contributed by atoms with Gasteiger partial charge in [-0.1, -0.05) is 23.2 Å². The van der Waals surface area contributed by atoms with E-state index in [0.29, 0.717) is 40.1 Å². The van der Waals surface area contributed by atoms with Crippen LogP contribution < -0.4 is 15.0 Å². The van der Waals surface area contributed by atoms with Crippen molar-refractivity contribution in [1.29, 1.82) is 0 Å². The van der Waals surface area contributed by atoms with Crippen LogP contribution in [0.15, 0.2) is 66.2 Å². The molecule has 3 aliphatic rings. The largest absolute Gasteiger partial charge is 0.497 e. The molecule has 170 valence electrons. The van der Waals surface area contributed by atoms with Crippen molar-refractivity contribution in [2.24, 2.45) is 0 Å². The van der Waals surface area contributed by atoms with Gasteiger partial charge in [-0.3, -0.25) is 4.79 Å². The third kappa shape index (κ3) is 3.93. The van der Waals surface area contributed by atoms with Crippen molar-refractivity contribution in [2.75, 3.05) is 20.8 Å². The van der Waals surface area contributed by atoms with Crippen molar-refractivity contribution in [3.05, 3.63) is 92.9 Å². The highest BCUT2D eigenvalue weighted by Gasteiger charge is 2.37. The molecule has 2 aromatic rings. The van der Waals surface area contributed by atoms with Gasteiger partial charge >= 0.3 is 0 Å². The summed E-state index contributed by atoms with van der Waals surface area (Å²) >= 11 is 12.7. The summed E-state index contributed by atoms with van der Waals surface area (Å²) < 4.78 is 11.2. The number of hydrogen-bond acceptors (Lipinski definition) is 6. The van der Waals surface area contributed by atoms with Crippen molar-refractivity contribution < 1.29 is 19.2 Å². The van der Waals surface area contributed by atoms with Crippen LogP contribution in [0, 0.1) is 0 Å². The van der Waals surface area contributed by atoms with E-state index in [0.717, 1.165) is 22.4 Å². The lowest BCUT2D eigenvalue weighted by molar-refractivity contribution is -0.129. The van der Waals surface area contributed by atoms with Gasteiger partial charge < -0.3 is 14.4 Å². The van der Waals surface area contributed by atoms with Gasteiger partial charge in [0.1, 0.15) is 11.5 Å². The molecule has 1 amide bonds. The normalized spacial score (nSPS) is 18.7. The fraction of sp³-hybridized carbons (Fsp3) is 0.208. The molecular formula is C24H21Cl2N3O4. The molecule has 3 aliphatic heterocycles. The molecule has 33 heavy (non-hydrogen) atoms. The number of hydrogen-bond donors (Lipinski definition) is 1. The summed E-state index contributed by atoms with van der Waals surface area (Å²) in [5.74, 6) is 1.22. The number of methoxy groups -OCH3 is 2. The lowest BCUT2D eigenvalue weighted by atomic mass is 9.86. The average molecular weight is 486 g/mol. The van der Waals surface area contributed by atoms with E-state index in [2.05, 4.69) is 5.48 Å². The van der Waals surface area contributed by atoms with Crippen LogP contribution in [0.4, 0.5) is 0 Å². The molecule has 0 radical (unpaired) electrons. The highest BCUT2D eigenvalue weighted by atomic mass is 35.5. The molecule has 0 saturated heterocycles. The third-order valence-corrected chi connectivity index (χ3v) is 6.31. The number of fused-ring (bicyclic) bond motifs is 2. The van der Waals surface area contributed by atoms with Gasteiger partial charge in [-0.25, -0.2) is 10.5 Å². The summed E-state index contributed by atoms with van der Waals surface area (Å²) in [6.45, 7) is 0.500. The minimum atomic E-state index is -0.447. The Hall–Kier alpha value is -3.13. The maximum atomic E-state index is 13.8. The number of hydroxylamine groups is 3. The minimum Gasteiger partial charge on any atom is -0.497 e. The number of ether oxygens (including phenoxy) is 2. The summed E-state index contributed by atoms with van der Waals surface area (Å²) in [6, 6.07) is 8.72. The molecule has 9 heteroatoms. The zero-order chi connectivity index (χ0) is 23.1. The average Bonchev–Trinajstić information content (AvgIpc) is 3.29. The molecule has 7 nitrogen and oxygen atoms in total. The van der Waals surface area contributed by atoms with E-state index in [1.807, 2.05) is 29.2 Å². The number of carbonyl (C=O) groups excluding carboxylic acids is 1. The van der Waals surface area contributed by atoms with Gasteiger partial charge in [-0.05, 0) is 54.0 Å². The van der Waals surface area contributed by atoms with Crippen LogP contribution in [0.5, 0.6) is 11.5 Å². The first-order valence-electron chi connectivity index (χ1n) is 10.3. The smallest absolute Gasteiger partial charge is 0.254 e. The van der Waals surface area contributed by atoms with Gasteiger partial charge in [0.2, 0.25) is 0 Å². The molecule has 5 rings (SSSR count). The predicted octanol–water partition coefficient (Wildman–Crippen LogP) is 4.53. The van der Waals surface area contributed by atoms with E-state index in [1.54, 1.807) is 49.9 Å². The highest BCUT2D eigenvalue weighted by Crippen LogP contribution is 2.44. The molecule has 1 N–H and O–H groups in total. The van der Waals surface area contributed by atoms with Crippen LogP contribution in [-0.2, 0) is 16.2 Å². The van der Waals surface area contributed by atoms with E-state index >= 15 is 0 Å². The van der Waals surface area contributed by atoms with Gasteiger partial charge in [-0.15, -0.1) is 0 Å². The maximum absolute atomic E-state index is 13.8. The van der Waals surface area contributed by atoms with Gasteiger partial charge in [0, 0.05) is 40.0 Å². The lowest BCUT2D eigenvalue weighted by Crippen LogP contribution is -2.41. The molecule has 0 bridgehead atoms. The molecule has 0 aromatic heterocycles. The van der Waals surface area contributed by atoms with Crippen LogP contribution in [0.3, 0.4) is 0 Å². The van der Waals surface area contributed by atoms with Crippen molar-refractivity contribution in [2.45, 2.75) is 12.5 Å². The van der Waals surface area contributed by atoms with Gasteiger partial charge in [0.25, 0.3) is 5.91 Å². The van der Waals surface area contributed by atoms with E-state index < -0.39 is 6.04 Å². The minimum absolute atomic E-state index is 0.122. The number of rotatable bonds is 4. The van der Waals surface area contributed by atoms with Crippen molar-refractivity contribution in [1.82, 2.24) is 15.4 Å². The molecule has 0 saturated carbocycles. The van der Waals surface area contributed by atoms with Gasteiger partial charge in [0.15, 0.2) is 0 Å². The standard InChI is InChI=1S/C24H21Cl2N3O4/c1-31-20-10-14-3-5-28(24(30)15-4-6-29-19(9-15)13-27-33-29)23(22(14)21(12-20)32-2)16-7-17(25)11-18(26)8-16/h4,6-13,23,27H,3,5H2,1-2H3. The number of nitrogens with zero attached hydrogens (tertiary/aromatic N) is 2. The molecule has 1 unspecified atom stereocenters. The first kappa shape index (κ1) is 21.7. The zero-order valence-corrected chi connectivity index (χ0v) is 19.5. The Labute approximate surface area is 201 Å². The van der Waals surface area contributed by atoms with E-state index in [9.17, 15) is 4.79 Å². The second-order valence-corrected chi connectivity index (χ2v) is 8.65. The Morgan fingerprint density at radius 3 is 2.64 bits per heavy atom. The summed E-state index contributed by atoms with van der Waals surface area (Å²) in [5.41, 5.74) is 6.70. The quantitative estimate of drug-likeness (QED) is 0.686. The SMILES string of the molecule is COc1cc2c(c(OC)c1)C(c1cc(Cl)cc(Cl)c1)N(C(=O)C1=CC3=CNON3C=C1)CC2. The van der Waals surface area contributed by atoms with Crippen LogP contribution in [0.25, 0.3) is 0 Å². The number of carbonyl (C=O) groups is 1. The number of halogens is 2. The molecule has 3 heterocycles. The van der Waals surface area contributed by atoms with Crippen LogP contribution in [-0.4, -0.2) is 36.6 Å². The van der Waals surface area contributed by atoms with E-state index in [-0.39, 0.29) is 5.91 Å². The van der Waals surface area contributed by atoms with E-state index in [1.165, 1.54) is 0 Å². The fourth-order valence-electron chi connectivity index (χ4n) is 4.42. The van der Waals surface area contributed by atoms with Crippen molar-refractivity contribution in [3.63, 3.8) is 0 Å². The summed E-state index contributed by atoms with van der Waals surface area (Å²) in [7, 11) is 3.23. The molecule has 2 aromatic carbocycles. The van der Waals surface area contributed by atoms with Crippen molar-refractivity contribution >= 4 is 29.1 Å². The summed E-state index contributed by atoms with van der Waals surface area (Å²) in [5, 5.41) is 2.54. The second-order valence-electron chi connectivity index (χ2n) is 7.78. The topological polar surface area (TPSA) is 63.3 Å². The third-order valence-electron chi connectivity index (χ3n) is 5.88. The number of amides is 1. The molecular weight excluding hydrogens is 465 g/mol. The Kier molecular flexibility index (Phi) is 5.70. The lowest BCUT2D eigenvalue weighted by Gasteiger charge is -2.39. The number of allylic oxidation sites excluding steroid dienone is 1. The van der Waals surface area contributed by atoms with Gasteiger partial charge in [-0.2, -0.15) is 4.94 Å². The number of nitrogens with one attached hydrogen (secondary N) is 1. The summed E-state index contributed by atoms with van der Waals surface area (Å²) in [4.78, 5) is 20.8. The highest BCUT2D eigenvalue weighted by molar-refractivity contribution is 6.34. The summed E-state index contributed by atoms with van der Waals surface area (Å²) in [6.07, 6.45) is 7.55. The fourth-order valence-corrected chi connectivity index (χ4v) is 4.96. The predicted molar refractivity (Wildman–Crippen MR) is 125 cm³/mol. The van der Waals surface area contributed by atoms with Crippen molar-refractivity contribution in [3.8, 4) is 11.5 Å².